The maximum atomic E-state index is 7.75. The fourth-order valence-electron chi connectivity index (χ4n) is 0. The molecular weight excluding hydrogens is 325 g/mol. The Balaban J connectivity index is -0.0000000105. The van der Waals surface area contributed by atoms with Gasteiger partial charge in [0.05, 0.1) is 0 Å². The molecule has 0 radical (unpaired) electrons. The number of carbonyl (C=O) groups excluding carboxylic acids is 1. The number of hydrogen-bond acceptors (Lipinski definition) is 1. The smallest absolute Gasteiger partial charge is 0 e. The zero-order chi connectivity index (χ0) is 4.71. The van der Waals surface area contributed by atoms with Crippen LogP contribution in [-0.2, 0) is 4.79 Å². The van der Waals surface area contributed by atoms with Gasteiger partial charge in [-0.2, -0.15) is 13.8 Å². The van der Waals surface area contributed by atoms with Crippen molar-refractivity contribution in [2.24, 2.45) is 0 Å². The molecule has 0 aliphatic heterocycles. The van der Waals surface area contributed by atoms with Crippen molar-refractivity contribution in [3.63, 3.8) is 0 Å². The van der Waals surface area contributed by atoms with Gasteiger partial charge in [-0.05, 0) is 0 Å². The van der Waals surface area contributed by atoms with E-state index in [4.69, 9.17) is 4.79 Å². The first-order chi connectivity index (χ1) is 2.41. The molecule has 0 atom stereocenters. The summed E-state index contributed by atoms with van der Waals surface area (Å²) in [5.41, 5.74) is 0. The summed E-state index contributed by atoms with van der Waals surface area (Å²) < 4.78 is 0. The molecule has 0 aliphatic carbocycles. The van der Waals surface area contributed by atoms with Gasteiger partial charge in [0.25, 0.3) is 0 Å². The monoisotopic (exact) mass is 331 g/mol. The molecule has 0 saturated heterocycles. The predicted molar refractivity (Wildman–Crippen MR) is 27.7 cm³/mol. The van der Waals surface area contributed by atoms with Crippen molar-refractivity contribution in [3.05, 3.63) is 12.6 Å². The van der Waals surface area contributed by atoms with Crippen LogP contribution in [-0.4, -0.2) is 6.79 Å². The van der Waals surface area contributed by atoms with Crippen molar-refractivity contribution in [1.82, 2.24) is 0 Å². The maximum absolute atomic E-state index is 7.75. The predicted octanol–water partition coefficient (Wildman–Crippen LogP) is 1.67. The van der Waals surface area contributed by atoms with Crippen LogP contribution in [0.3, 0.4) is 0 Å². The second kappa shape index (κ2) is 446. The van der Waals surface area contributed by atoms with Gasteiger partial charge in [-0.15, -0.1) is 0 Å². The molecule has 0 bridgehead atoms. The zero-order valence-corrected chi connectivity index (χ0v) is 7.44. The summed E-state index contributed by atoms with van der Waals surface area (Å²) in [6.45, 7) is 7.25. The quantitative estimate of drug-likeness (QED) is 0.491. The molecule has 0 rings (SSSR count). The van der Waals surface area contributed by atoms with Crippen LogP contribution in [0.1, 0.15) is 13.8 Å². The van der Waals surface area contributed by atoms with Crippen molar-refractivity contribution in [1.29, 1.82) is 0 Å². The van der Waals surface area contributed by atoms with Gasteiger partial charge in [-0.25, -0.2) is 0 Å². The Morgan fingerprint density at radius 1 is 1.29 bits per heavy atom. The summed E-state index contributed by atoms with van der Waals surface area (Å²) in [5, 5.41) is 0. The molecule has 0 aromatic heterocycles. The van der Waals surface area contributed by atoms with E-state index in [1.54, 1.807) is 0 Å². The molecule has 7 heavy (non-hydrogen) atoms. The molecule has 0 spiro atoms. The van der Waals surface area contributed by atoms with E-state index < -0.39 is 0 Å². The van der Waals surface area contributed by atoms with Gasteiger partial charge in [0.1, 0.15) is 0 Å². The third-order valence-corrected chi connectivity index (χ3v) is 0. The maximum Gasteiger partial charge on any atom is 0 e. The van der Waals surface area contributed by atoms with Crippen molar-refractivity contribution in [2.75, 3.05) is 0 Å². The van der Waals surface area contributed by atoms with Crippen molar-refractivity contribution in [2.45, 2.75) is 13.8 Å². The molecule has 0 aliphatic rings. The van der Waals surface area contributed by atoms with E-state index in [1.165, 1.54) is 0 Å². The molecule has 2 N–H and O–H groups in total. The van der Waals surface area contributed by atoms with Gasteiger partial charge in [0.2, 0.25) is 0 Å². The first-order valence-electron chi connectivity index (χ1n) is 1.39. The molecule has 0 unspecified atom stereocenters. The molecular formula is C4H10CmNO-3. The average molecular weight is 335 g/mol. The van der Waals surface area contributed by atoms with Crippen LogP contribution >= 0.6 is 0 Å². The minimum atomic E-state index is 0. The summed E-state index contributed by atoms with van der Waals surface area (Å²) in [6.07, 6.45) is 2.00. The van der Waals surface area contributed by atoms with E-state index in [2.05, 4.69) is 6.79 Å². The van der Waals surface area contributed by atoms with E-state index in [0.717, 1.165) is 0 Å². The Kier molecular flexibility index (Phi) is 2890. The molecule has 0 amide bonds. The fraction of sp³-hybridized carbons (Fsp3) is 0.500. The second-order valence-electron chi connectivity index (χ2n) is 0.577. The minimum absolute atomic E-state index is 0. The first-order valence-corrected chi connectivity index (χ1v) is 1.39. The normalized spacial score (nSPS) is 3.14. The molecule has 48 valence electrons. The van der Waals surface area contributed by atoms with E-state index in [9.17, 15) is 0 Å². The van der Waals surface area contributed by atoms with Gasteiger partial charge in [-0.3, -0.25) is 6.79 Å². The van der Waals surface area contributed by atoms with Crippen molar-refractivity contribution >= 4 is 6.79 Å². The average Bonchev–Trinajstić information content (AvgIpc) is 1.46. The second-order valence-corrected chi connectivity index (χ2v) is 0.577. The van der Waals surface area contributed by atoms with Gasteiger partial charge in [0, 0.05) is 0 Å². The van der Waals surface area contributed by atoms with Crippen molar-refractivity contribution in [3.8, 4) is 0 Å². The van der Waals surface area contributed by atoms with Crippen LogP contribution in [0.2, 0.25) is 0 Å². The molecule has 0 aromatic rings. The van der Waals surface area contributed by atoms with Crippen LogP contribution in [0, 0.1) is 6.42 Å². The molecule has 0 aromatic carbocycles. The number of hydrogen-bond donors (Lipinski definition) is 0. The van der Waals surface area contributed by atoms with Crippen LogP contribution in [0.15, 0.2) is 0 Å². The Bertz CT molecular complexity index is 15.7. The van der Waals surface area contributed by atoms with E-state index in [1.807, 2.05) is 20.3 Å². The molecule has 0 fully saturated rings. The molecule has 2 nitrogen and oxygen atoms in total. The van der Waals surface area contributed by atoms with Crippen LogP contribution in [0.4, 0.5) is 0 Å². The van der Waals surface area contributed by atoms with Gasteiger partial charge < -0.3 is 17.4 Å². The SMILES string of the molecule is C[CH-]C.[CH-]=O.[Cm].[NH2-]. The van der Waals surface area contributed by atoms with Gasteiger partial charge in [-0.1, -0.05) is 0 Å². The summed E-state index contributed by atoms with van der Waals surface area (Å²) in [6, 6.07) is 0. The van der Waals surface area contributed by atoms with Crippen molar-refractivity contribution < 1.29 is 4.79 Å². The molecule has 0 heterocycles. The Morgan fingerprint density at radius 3 is 1.29 bits per heavy atom. The topological polar surface area (TPSA) is 50.6 Å². The van der Waals surface area contributed by atoms with Crippen LogP contribution < -0.4 is 0 Å². The summed E-state index contributed by atoms with van der Waals surface area (Å²) >= 11 is 0. The van der Waals surface area contributed by atoms with E-state index in [0.29, 0.717) is 0 Å². The third kappa shape index (κ3) is 17.1. The minimum Gasteiger partial charge on any atom is -0.693 e. The Hall–Kier alpha value is -1.37. The first kappa shape index (κ1) is 45.4. The molecule has 0 saturated carbocycles. The summed E-state index contributed by atoms with van der Waals surface area (Å²) in [4.78, 5) is 7.75. The van der Waals surface area contributed by atoms with Crippen LogP contribution in [0.25, 0.3) is 6.15 Å². The largest absolute Gasteiger partial charge is 0.693 e. The third-order valence-electron chi connectivity index (χ3n) is 0. The zero-order valence-electron chi connectivity index (χ0n) is 4.49. The standard InChI is InChI=1S/C3H7.CHO.Cm.H2N/c1-3-2;1-2;;/h3H,1-2H3;1H;;1H2/q2*-1;;-1. The van der Waals surface area contributed by atoms with E-state index >= 15 is 0 Å². The Labute approximate surface area is 39.1 Å². The number of rotatable bonds is 0. The summed E-state index contributed by atoms with van der Waals surface area (Å²) in [5.74, 6) is 0. The molecule has 3 heteroatoms. The fourth-order valence-corrected chi connectivity index (χ4v) is 0. The van der Waals surface area contributed by atoms with E-state index in [-0.39, 0.29) is 6.15 Å². The Morgan fingerprint density at radius 2 is 1.29 bits per heavy atom. The summed E-state index contributed by atoms with van der Waals surface area (Å²) in [7, 11) is 0. The van der Waals surface area contributed by atoms with Gasteiger partial charge >= 0.3 is 0 Å². The number of nitrogens with two attached hydrogens (primary N) is 1. The van der Waals surface area contributed by atoms with Crippen LogP contribution in [0.5, 0.6) is 0 Å². The van der Waals surface area contributed by atoms with Gasteiger partial charge in [0.15, 0.2) is 0 Å².